The summed E-state index contributed by atoms with van der Waals surface area (Å²) in [7, 11) is 0. The minimum atomic E-state index is -0.735. The van der Waals surface area contributed by atoms with Gasteiger partial charge >= 0.3 is 0 Å². The lowest BCUT2D eigenvalue weighted by Gasteiger charge is -2.35. The number of aromatic nitrogens is 2. The Morgan fingerprint density at radius 3 is 2.58 bits per heavy atom. The van der Waals surface area contributed by atoms with Crippen LogP contribution in [0.25, 0.3) is 21.9 Å². The molecule has 0 fully saturated rings. The molecule has 3 aromatic carbocycles. The van der Waals surface area contributed by atoms with Gasteiger partial charge in [-0.1, -0.05) is 34.1 Å². The molecule has 1 atom stereocenters. The summed E-state index contributed by atoms with van der Waals surface area (Å²) < 4.78 is 6.79. The zero-order chi connectivity index (χ0) is 24.8. The Hall–Kier alpha value is -4.04. The number of halogens is 1. The summed E-state index contributed by atoms with van der Waals surface area (Å²) in [5.41, 5.74) is 4.99. The van der Waals surface area contributed by atoms with Crippen LogP contribution in [0.2, 0.25) is 0 Å². The van der Waals surface area contributed by atoms with Gasteiger partial charge in [0.05, 0.1) is 17.9 Å². The van der Waals surface area contributed by atoms with Crippen molar-refractivity contribution in [3.63, 3.8) is 0 Å². The van der Waals surface area contributed by atoms with E-state index in [9.17, 15) is 9.59 Å². The van der Waals surface area contributed by atoms with E-state index in [0.717, 1.165) is 37.7 Å². The van der Waals surface area contributed by atoms with Crippen LogP contribution >= 0.6 is 15.9 Å². The molecule has 5 aromatic rings. The number of carbonyl (C=O) groups excluding carboxylic acids is 2. The van der Waals surface area contributed by atoms with Crippen molar-refractivity contribution in [2.45, 2.75) is 25.9 Å². The summed E-state index contributed by atoms with van der Waals surface area (Å²) in [6, 6.07) is 18.1. The Morgan fingerprint density at radius 2 is 1.75 bits per heavy atom. The van der Waals surface area contributed by atoms with Crippen molar-refractivity contribution >= 4 is 55.4 Å². The molecular formula is C28H21BrN4O3. The zero-order valence-electron chi connectivity index (χ0n) is 19.4. The second kappa shape index (κ2) is 8.87. The van der Waals surface area contributed by atoms with E-state index in [-0.39, 0.29) is 24.8 Å². The number of furan rings is 1. The number of rotatable bonds is 3. The van der Waals surface area contributed by atoms with Crippen molar-refractivity contribution in [2.75, 3.05) is 5.32 Å². The van der Waals surface area contributed by atoms with Gasteiger partial charge in [0, 0.05) is 45.3 Å². The molecule has 1 aliphatic heterocycles. The standard InChI is InChI=1S/C28H21BrN4O3/c1-16-12-17(29)6-8-19(16)28(35)33-15-23-22(30-10-11-31-23)14-24(33)27(34)32-18-7-9-26-21(13-18)20-4-2-3-5-25(20)36-26/h2-13,24H,14-15H2,1H3,(H,32,34). The zero-order valence-corrected chi connectivity index (χ0v) is 21.0. The number of amides is 2. The van der Waals surface area contributed by atoms with Crippen LogP contribution in [0.1, 0.15) is 27.3 Å². The lowest BCUT2D eigenvalue weighted by atomic mass is 9.98. The molecule has 2 aromatic heterocycles. The largest absolute Gasteiger partial charge is 0.456 e. The Morgan fingerprint density at radius 1 is 0.972 bits per heavy atom. The molecule has 6 rings (SSSR count). The molecule has 1 N–H and O–H groups in total. The summed E-state index contributed by atoms with van der Waals surface area (Å²) in [6.07, 6.45) is 3.51. The molecular weight excluding hydrogens is 520 g/mol. The van der Waals surface area contributed by atoms with E-state index in [2.05, 4.69) is 31.2 Å². The molecule has 1 aliphatic rings. The molecule has 7 nitrogen and oxygen atoms in total. The SMILES string of the molecule is Cc1cc(Br)ccc1C(=O)N1Cc2nccnc2CC1C(=O)Nc1ccc2oc3ccccc3c2c1. The molecule has 0 aliphatic carbocycles. The number of benzene rings is 3. The maximum Gasteiger partial charge on any atom is 0.255 e. The molecule has 8 heteroatoms. The highest BCUT2D eigenvalue weighted by Gasteiger charge is 2.37. The van der Waals surface area contributed by atoms with Gasteiger partial charge in [0.25, 0.3) is 5.91 Å². The summed E-state index contributed by atoms with van der Waals surface area (Å²) in [6.45, 7) is 2.09. The molecule has 1 unspecified atom stereocenters. The van der Waals surface area contributed by atoms with E-state index in [1.54, 1.807) is 23.4 Å². The van der Waals surface area contributed by atoms with Gasteiger partial charge in [-0.05, 0) is 55.0 Å². The average Bonchev–Trinajstić information content (AvgIpc) is 3.25. The van der Waals surface area contributed by atoms with Crippen molar-refractivity contribution in [2.24, 2.45) is 0 Å². The highest BCUT2D eigenvalue weighted by molar-refractivity contribution is 9.10. The quantitative estimate of drug-likeness (QED) is 0.319. The second-order valence-electron chi connectivity index (χ2n) is 8.86. The number of hydrogen-bond acceptors (Lipinski definition) is 5. The number of hydrogen-bond donors (Lipinski definition) is 1. The minimum Gasteiger partial charge on any atom is -0.456 e. The summed E-state index contributed by atoms with van der Waals surface area (Å²) in [5.74, 6) is -0.491. The van der Waals surface area contributed by atoms with Crippen LogP contribution in [-0.2, 0) is 17.8 Å². The van der Waals surface area contributed by atoms with Gasteiger partial charge in [-0.3, -0.25) is 19.6 Å². The molecule has 3 heterocycles. The summed E-state index contributed by atoms with van der Waals surface area (Å²) >= 11 is 3.45. The number of nitrogens with one attached hydrogen (secondary N) is 1. The summed E-state index contributed by atoms with van der Waals surface area (Å²) in [5, 5.41) is 4.92. The fourth-order valence-electron chi connectivity index (χ4n) is 4.76. The third-order valence-corrected chi connectivity index (χ3v) is 7.06. The van der Waals surface area contributed by atoms with Crippen LogP contribution in [-0.4, -0.2) is 32.7 Å². The summed E-state index contributed by atoms with van der Waals surface area (Å²) in [4.78, 5) is 37.7. The van der Waals surface area contributed by atoms with Gasteiger partial charge in [0.1, 0.15) is 17.2 Å². The molecule has 36 heavy (non-hydrogen) atoms. The van der Waals surface area contributed by atoms with Crippen LogP contribution in [0.4, 0.5) is 5.69 Å². The van der Waals surface area contributed by atoms with Crippen molar-refractivity contribution in [3.05, 3.63) is 100 Å². The van der Waals surface area contributed by atoms with Gasteiger partial charge in [0.15, 0.2) is 0 Å². The molecule has 178 valence electrons. The predicted octanol–water partition coefficient (Wildman–Crippen LogP) is 5.65. The third-order valence-electron chi connectivity index (χ3n) is 6.57. The normalized spacial score (nSPS) is 15.2. The van der Waals surface area contributed by atoms with Crippen LogP contribution in [0.3, 0.4) is 0 Å². The molecule has 0 bridgehead atoms. The van der Waals surface area contributed by atoms with Gasteiger partial charge in [-0.2, -0.15) is 0 Å². The Labute approximate surface area is 215 Å². The number of carbonyl (C=O) groups is 2. The van der Waals surface area contributed by atoms with Gasteiger partial charge in [0.2, 0.25) is 5.91 Å². The van der Waals surface area contributed by atoms with E-state index in [0.29, 0.717) is 16.9 Å². The number of nitrogens with zero attached hydrogens (tertiary/aromatic N) is 3. The predicted molar refractivity (Wildman–Crippen MR) is 141 cm³/mol. The van der Waals surface area contributed by atoms with Crippen LogP contribution < -0.4 is 5.32 Å². The van der Waals surface area contributed by atoms with E-state index >= 15 is 0 Å². The Kier molecular flexibility index (Phi) is 5.53. The van der Waals surface area contributed by atoms with Crippen LogP contribution in [0.15, 0.2) is 81.9 Å². The van der Waals surface area contributed by atoms with Gasteiger partial charge in [-0.25, -0.2) is 0 Å². The first-order chi connectivity index (χ1) is 17.5. The van der Waals surface area contributed by atoms with E-state index < -0.39 is 6.04 Å². The fraction of sp³-hybridized carbons (Fsp3) is 0.143. The smallest absolute Gasteiger partial charge is 0.255 e. The van der Waals surface area contributed by atoms with Crippen LogP contribution in [0, 0.1) is 6.92 Å². The monoisotopic (exact) mass is 540 g/mol. The van der Waals surface area contributed by atoms with Gasteiger partial charge < -0.3 is 14.6 Å². The van der Waals surface area contributed by atoms with Crippen LogP contribution in [0.5, 0.6) is 0 Å². The fourth-order valence-corrected chi connectivity index (χ4v) is 5.24. The first-order valence-electron chi connectivity index (χ1n) is 11.6. The van der Waals surface area contributed by atoms with Crippen molar-refractivity contribution in [3.8, 4) is 0 Å². The topological polar surface area (TPSA) is 88.3 Å². The second-order valence-corrected chi connectivity index (χ2v) is 9.78. The minimum absolute atomic E-state index is 0.209. The number of anilines is 1. The Bertz CT molecular complexity index is 1660. The lowest BCUT2D eigenvalue weighted by Crippen LogP contribution is -2.51. The Balaban J connectivity index is 1.34. The van der Waals surface area contributed by atoms with Gasteiger partial charge in [-0.15, -0.1) is 0 Å². The highest BCUT2D eigenvalue weighted by atomic mass is 79.9. The molecule has 0 radical (unpaired) electrons. The first kappa shape index (κ1) is 22.4. The highest BCUT2D eigenvalue weighted by Crippen LogP contribution is 2.31. The van der Waals surface area contributed by atoms with Crippen molar-refractivity contribution in [1.82, 2.24) is 14.9 Å². The maximum atomic E-state index is 13.7. The van der Waals surface area contributed by atoms with Crippen molar-refractivity contribution < 1.29 is 14.0 Å². The molecule has 0 spiro atoms. The number of para-hydroxylation sites is 1. The molecule has 0 saturated carbocycles. The van der Waals surface area contributed by atoms with Crippen molar-refractivity contribution in [1.29, 1.82) is 0 Å². The van der Waals surface area contributed by atoms with E-state index in [1.165, 1.54) is 0 Å². The van der Waals surface area contributed by atoms with E-state index in [1.807, 2.05) is 61.5 Å². The average molecular weight is 541 g/mol. The number of aryl methyl sites for hydroxylation is 1. The molecule has 0 saturated heterocycles. The van der Waals surface area contributed by atoms with E-state index in [4.69, 9.17) is 4.42 Å². The number of fused-ring (bicyclic) bond motifs is 4. The molecule has 2 amide bonds. The first-order valence-corrected chi connectivity index (χ1v) is 12.4. The third kappa shape index (κ3) is 3.93. The maximum absolute atomic E-state index is 13.7. The lowest BCUT2D eigenvalue weighted by molar-refractivity contribution is -0.121.